The Morgan fingerprint density at radius 2 is 0.803 bits per heavy atom. The average Bonchev–Trinajstić information content (AvgIpc) is 4.17. The molecule has 5 nitrogen and oxygen atoms in total. The van der Waals surface area contributed by atoms with E-state index in [9.17, 15) is 0 Å². The van der Waals surface area contributed by atoms with Crippen molar-refractivity contribution in [1.82, 2.24) is 9.80 Å². The highest BCUT2D eigenvalue weighted by Crippen LogP contribution is 2.55. The Morgan fingerprint density at radius 3 is 1.39 bits per heavy atom. The molecule has 9 rings (SSSR count). The second kappa shape index (κ2) is 26.5. The minimum atomic E-state index is -0.0774. The molecule has 0 bridgehead atoms. The van der Waals surface area contributed by atoms with E-state index in [1.165, 1.54) is 136 Å². The number of anilines is 2. The molecule has 396 valence electrons. The molecule has 0 saturated heterocycles. The van der Waals surface area contributed by atoms with Crippen molar-refractivity contribution < 1.29 is 9.59 Å². The molecule has 3 aliphatic rings. The Labute approximate surface area is 457 Å². The van der Waals surface area contributed by atoms with E-state index in [-0.39, 0.29) is 17.2 Å². The van der Waals surface area contributed by atoms with Crippen LogP contribution in [0.3, 0.4) is 0 Å². The van der Waals surface area contributed by atoms with Gasteiger partial charge < -0.3 is 4.90 Å². The fraction of sp³-hybridized carbons (Fsp3) is 0.408. The lowest BCUT2D eigenvalue weighted by atomic mass is 9.70. The molecule has 0 N–H and O–H groups in total. The molecule has 2 aliphatic heterocycles. The van der Waals surface area contributed by atoms with E-state index in [0.29, 0.717) is 30.1 Å². The summed E-state index contributed by atoms with van der Waals surface area (Å²) in [4.78, 5) is 36.7. The van der Waals surface area contributed by atoms with Crippen LogP contribution in [0.4, 0.5) is 11.4 Å². The summed E-state index contributed by atoms with van der Waals surface area (Å²) in [5.74, 6) is 0.516. The molecule has 2 amide bonds. The first-order valence-electron chi connectivity index (χ1n) is 29.9. The quantitative estimate of drug-likeness (QED) is 0.0422. The number of carbonyl (C=O) groups excluding carboxylic acids is 2. The summed E-state index contributed by atoms with van der Waals surface area (Å²) in [6.07, 6.45) is 26.0. The highest BCUT2D eigenvalue weighted by atomic mass is 16.2. The van der Waals surface area contributed by atoms with Crippen molar-refractivity contribution in [3.8, 4) is 33.4 Å². The Balaban J connectivity index is 1.05. The summed E-state index contributed by atoms with van der Waals surface area (Å²) in [5.41, 5.74) is 15.3. The van der Waals surface area contributed by atoms with Gasteiger partial charge in [-0.2, -0.15) is 0 Å². The van der Waals surface area contributed by atoms with Gasteiger partial charge >= 0.3 is 0 Å². The molecule has 0 aromatic heterocycles. The average molecular weight is 1010 g/mol. The van der Waals surface area contributed by atoms with Crippen molar-refractivity contribution >= 4 is 28.9 Å². The van der Waals surface area contributed by atoms with Gasteiger partial charge in [0.25, 0.3) is 11.8 Å². The van der Waals surface area contributed by atoms with E-state index in [4.69, 9.17) is 0 Å². The third kappa shape index (κ3) is 11.7. The molecule has 76 heavy (non-hydrogen) atoms. The van der Waals surface area contributed by atoms with Gasteiger partial charge in [-0.1, -0.05) is 265 Å². The van der Waals surface area contributed by atoms with Gasteiger partial charge in [-0.15, -0.1) is 0 Å². The van der Waals surface area contributed by atoms with Crippen LogP contribution in [-0.2, 0) is 15.0 Å². The van der Waals surface area contributed by atoms with Gasteiger partial charge in [0, 0.05) is 29.9 Å². The zero-order valence-corrected chi connectivity index (χ0v) is 46.6. The van der Waals surface area contributed by atoms with E-state index in [1.54, 1.807) is 0 Å². The van der Waals surface area contributed by atoms with Crippen molar-refractivity contribution in [1.29, 1.82) is 0 Å². The summed E-state index contributed by atoms with van der Waals surface area (Å²) >= 11 is 0. The SMILES string of the molecule is CCCCCCCCN1C(=O)C2=C(N(c3ccccc3)c3ccc(-c4ccc(-c5ccc6c(c5)C(CCCCCC)(CCCCCC)c5ccccc5-6)cc4)cc3)N(CCCCCCCC)C(=O)C2=C1c1ccccc1. The van der Waals surface area contributed by atoms with Crippen LogP contribution in [0.25, 0.3) is 39.1 Å². The van der Waals surface area contributed by atoms with E-state index in [1.807, 2.05) is 46.2 Å². The van der Waals surface area contributed by atoms with Gasteiger partial charge in [0.05, 0.1) is 16.8 Å². The molecule has 0 saturated carbocycles. The third-order valence-corrected chi connectivity index (χ3v) is 16.8. The minimum absolute atomic E-state index is 0.0482. The summed E-state index contributed by atoms with van der Waals surface area (Å²) in [5, 5.41) is 0. The molecule has 0 atom stereocenters. The maximum atomic E-state index is 15.3. The number of nitrogens with zero attached hydrogens (tertiary/aromatic N) is 3. The van der Waals surface area contributed by atoms with E-state index < -0.39 is 0 Å². The number of rotatable bonds is 30. The molecule has 1 aliphatic carbocycles. The predicted octanol–water partition coefficient (Wildman–Crippen LogP) is 19.4. The monoisotopic (exact) mass is 1010 g/mol. The van der Waals surface area contributed by atoms with Crippen LogP contribution in [0.1, 0.15) is 186 Å². The van der Waals surface area contributed by atoms with E-state index >= 15 is 9.59 Å². The van der Waals surface area contributed by atoms with Gasteiger partial charge in [-0.25, -0.2) is 0 Å². The first-order valence-corrected chi connectivity index (χ1v) is 29.9. The number of fused-ring (bicyclic) bond motifs is 4. The van der Waals surface area contributed by atoms with Gasteiger partial charge in [0.2, 0.25) is 0 Å². The lowest BCUT2D eigenvalue weighted by molar-refractivity contribution is -0.124. The van der Waals surface area contributed by atoms with E-state index in [0.717, 1.165) is 72.3 Å². The number of carbonyl (C=O) groups is 2. The lowest BCUT2D eigenvalue weighted by Gasteiger charge is -2.33. The van der Waals surface area contributed by atoms with Crippen LogP contribution in [-0.4, -0.2) is 34.7 Å². The summed E-state index contributed by atoms with van der Waals surface area (Å²) in [6, 6.07) is 54.9. The van der Waals surface area contributed by atoms with Crippen molar-refractivity contribution in [3.63, 3.8) is 0 Å². The fourth-order valence-electron chi connectivity index (χ4n) is 12.7. The van der Waals surface area contributed by atoms with Crippen LogP contribution in [0.2, 0.25) is 0 Å². The Morgan fingerprint density at radius 1 is 0.368 bits per heavy atom. The number of hydrogen-bond donors (Lipinski definition) is 0. The van der Waals surface area contributed by atoms with Crippen LogP contribution < -0.4 is 4.90 Å². The van der Waals surface area contributed by atoms with Crippen molar-refractivity contribution in [3.05, 3.63) is 185 Å². The van der Waals surface area contributed by atoms with Crippen LogP contribution >= 0.6 is 0 Å². The van der Waals surface area contributed by atoms with Crippen molar-refractivity contribution in [2.24, 2.45) is 0 Å². The smallest absolute Gasteiger partial charge is 0.262 e. The molecule has 0 spiro atoms. The first kappa shape index (κ1) is 54.3. The second-order valence-electron chi connectivity index (χ2n) is 22.0. The maximum absolute atomic E-state index is 15.3. The first-order chi connectivity index (χ1) is 37.4. The van der Waals surface area contributed by atoms with Gasteiger partial charge in [-0.3, -0.25) is 19.4 Å². The number of benzene rings is 6. The molecule has 2 heterocycles. The normalized spacial score (nSPS) is 14.5. The Hall–Kier alpha value is -6.46. The minimum Gasteiger partial charge on any atom is -0.307 e. The lowest BCUT2D eigenvalue weighted by Crippen LogP contribution is -2.37. The van der Waals surface area contributed by atoms with Gasteiger partial charge in [0.1, 0.15) is 5.82 Å². The number of hydrogen-bond acceptors (Lipinski definition) is 3. The van der Waals surface area contributed by atoms with Gasteiger partial charge in [-0.05, 0) is 106 Å². The fourth-order valence-corrected chi connectivity index (χ4v) is 12.7. The maximum Gasteiger partial charge on any atom is 0.262 e. The molecule has 0 fully saturated rings. The van der Waals surface area contributed by atoms with Gasteiger partial charge in [0.15, 0.2) is 0 Å². The van der Waals surface area contributed by atoms with Crippen LogP contribution in [0, 0.1) is 0 Å². The Kier molecular flexibility index (Phi) is 19.0. The molecular weight excluding hydrogens is 927 g/mol. The Bertz CT molecular complexity index is 2900. The molecule has 5 heteroatoms. The summed E-state index contributed by atoms with van der Waals surface area (Å²) < 4.78 is 0. The van der Waals surface area contributed by atoms with Crippen molar-refractivity contribution in [2.45, 2.75) is 174 Å². The highest BCUT2D eigenvalue weighted by molar-refractivity contribution is 6.26. The van der Waals surface area contributed by atoms with Crippen LogP contribution in [0.5, 0.6) is 0 Å². The summed E-state index contributed by atoms with van der Waals surface area (Å²) in [7, 11) is 0. The number of unbranched alkanes of at least 4 members (excludes halogenated alkanes) is 16. The van der Waals surface area contributed by atoms with E-state index in [2.05, 4.69) is 148 Å². The van der Waals surface area contributed by atoms with Crippen LogP contribution in [0.15, 0.2) is 169 Å². The highest BCUT2D eigenvalue weighted by Gasteiger charge is 2.50. The predicted molar refractivity (Wildman–Crippen MR) is 320 cm³/mol. The largest absolute Gasteiger partial charge is 0.307 e. The number of amides is 2. The molecular formula is C71H85N3O2. The summed E-state index contributed by atoms with van der Waals surface area (Å²) in [6.45, 7) is 10.2. The number of para-hydroxylation sites is 1. The topological polar surface area (TPSA) is 43.9 Å². The zero-order chi connectivity index (χ0) is 52.7. The second-order valence-corrected chi connectivity index (χ2v) is 22.0. The molecule has 6 aromatic carbocycles. The standard InChI is InChI=1S/C71H85N3O2/c1-5-9-13-17-19-31-51-72-67(57-33-23-21-24-34-57)65-66(70(72)76)68(73(69(65)75)52-32-20-18-14-10-6-2)74(59-35-25-22-26-36-59)60-46-43-55(44-47-60)54-39-41-56(42-40-54)58-45-48-62-61-37-27-28-38-63(61)71(64(62)53-58,49-29-15-11-7-3)50-30-16-12-8-4/h21-28,33-48,53H,5-20,29-32,49-52H2,1-4H3. The molecule has 0 unspecified atom stereocenters. The van der Waals surface area contributed by atoms with Crippen molar-refractivity contribution in [2.75, 3.05) is 18.0 Å². The third-order valence-electron chi connectivity index (χ3n) is 16.8. The zero-order valence-electron chi connectivity index (χ0n) is 46.6. The molecule has 0 radical (unpaired) electrons. The molecule has 6 aromatic rings.